The summed E-state index contributed by atoms with van der Waals surface area (Å²) in [6.45, 7) is 2.78. The fraction of sp³-hybridized carbons (Fsp3) is 0.308. The van der Waals surface area contributed by atoms with Crippen LogP contribution in [0.3, 0.4) is 0 Å². The predicted octanol–water partition coefficient (Wildman–Crippen LogP) is 1.69. The molecule has 1 amide bonds. The van der Waals surface area contributed by atoms with E-state index in [0.717, 1.165) is 11.5 Å². The van der Waals surface area contributed by atoms with Gasteiger partial charge in [0.2, 0.25) is 5.91 Å². The maximum absolute atomic E-state index is 11.3. The summed E-state index contributed by atoms with van der Waals surface area (Å²) in [5.41, 5.74) is 0.810. The van der Waals surface area contributed by atoms with Crippen molar-refractivity contribution >= 4 is 17.5 Å². The normalized spacial score (nSPS) is 12.1. The summed E-state index contributed by atoms with van der Waals surface area (Å²) in [5.74, 6) is 0.620. The van der Waals surface area contributed by atoms with Gasteiger partial charge in [-0.1, -0.05) is 6.07 Å². The largest absolute Gasteiger partial charge is 0.353 e. The number of nitrogens with zero attached hydrogens (tertiary/aromatic N) is 3. The number of alkyl halides is 1. The molecule has 19 heavy (non-hydrogen) atoms. The Morgan fingerprint density at radius 3 is 2.95 bits per heavy atom. The number of hydrogen-bond donors (Lipinski definition) is 1. The van der Waals surface area contributed by atoms with Crippen LogP contribution in [0.15, 0.2) is 36.8 Å². The van der Waals surface area contributed by atoms with Crippen molar-refractivity contribution in [3.05, 3.63) is 36.8 Å². The Labute approximate surface area is 116 Å². The molecule has 0 bridgehead atoms. The number of halogens is 1. The fourth-order valence-corrected chi connectivity index (χ4v) is 1.74. The zero-order valence-electron chi connectivity index (χ0n) is 10.6. The van der Waals surface area contributed by atoms with Crippen LogP contribution in [0.5, 0.6) is 0 Å². The van der Waals surface area contributed by atoms with E-state index in [4.69, 9.17) is 11.6 Å². The van der Waals surface area contributed by atoms with Gasteiger partial charge in [-0.2, -0.15) is 0 Å². The second-order valence-electron chi connectivity index (χ2n) is 4.07. The summed E-state index contributed by atoms with van der Waals surface area (Å²) >= 11 is 5.67. The van der Waals surface area contributed by atoms with E-state index < -0.39 is 5.38 Å². The molecule has 2 aromatic heterocycles. The summed E-state index contributed by atoms with van der Waals surface area (Å²) in [4.78, 5) is 19.9. The second-order valence-corrected chi connectivity index (χ2v) is 4.72. The molecule has 100 valence electrons. The average Bonchev–Trinajstić information content (AvgIpc) is 2.88. The van der Waals surface area contributed by atoms with Crippen molar-refractivity contribution in [2.45, 2.75) is 18.8 Å². The Hall–Kier alpha value is -1.88. The van der Waals surface area contributed by atoms with Crippen LogP contribution in [0.2, 0.25) is 0 Å². The van der Waals surface area contributed by atoms with Gasteiger partial charge < -0.3 is 9.88 Å². The van der Waals surface area contributed by atoms with E-state index >= 15 is 0 Å². The van der Waals surface area contributed by atoms with Crippen molar-refractivity contribution in [2.24, 2.45) is 0 Å². The van der Waals surface area contributed by atoms with Gasteiger partial charge in [-0.3, -0.25) is 9.78 Å². The lowest BCUT2D eigenvalue weighted by Gasteiger charge is -2.09. The van der Waals surface area contributed by atoms with Crippen molar-refractivity contribution in [2.75, 3.05) is 6.54 Å². The molecule has 2 aromatic rings. The molecule has 0 spiro atoms. The third-order valence-corrected chi connectivity index (χ3v) is 2.82. The Morgan fingerprint density at radius 2 is 2.26 bits per heavy atom. The number of imidazole rings is 1. The number of hydrogen-bond acceptors (Lipinski definition) is 3. The van der Waals surface area contributed by atoms with Crippen LogP contribution >= 0.6 is 11.6 Å². The molecule has 0 aromatic carbocycles. The molecule has 1 atom stereocenters. The second kappa shape index (κ2) is 6.33. The van der Waals surface area contributed by atoms with E-state index in [-0.39, 0.29) is 5.91 Å². The van der Waals surface area contributed by atoms with Gasteiger partial charge in [0.15, 0.2) is 5.82 Å². The number of nitrogens with one attached hydrogen (secondary N) is 1. The molecule has 0 fully saturated rings. The van der Waals surface area contributed by atoms with Crippen molar-refractivity contribution in [1.82, 2.24) is 19.9 Å². The Balaban J connectivity index is 1.99. The number of pyridine rings is 1. The summed E-state index contributed by atoms with van der Waals surface area (Å²) in [6, 6.07) is 5.68. The fourth-order valence-electron chi connectivity index (χ4n) is 1.66. The summed E-state index contributed by atoms with van der Waals surface area (Å²) in [5, 5.41) is 2.24. The third-order valence-electron chi connectivity index (χ3n) is 2.62. The maximum Gasteiger partial charge on any atom is 0.237 e. The van der Waals surface area contributed by atoms with Crippen LogP contribution in [-0.4, -0.2) is 32.4 Å². The number of aromatic nitrogens is 3. The van der Waals surface area contributed by atoms with Crippen LogP contribution in [0.25, 0.3) is 11.5 Å². The lowest BCUT2D eigenvalue weighted by atomic mass is 10.3. The molecule has 1 N–H and O–H groups in total. The molecule has 6 heteroatoms. The van der Waals surface area contributed by atoms with Gasteiger partial charge in [0, 0.05) is 31.7 Å². The van der Waals surface area contributed by atoms with Crippen LogP contribution in [0.4, 0.5) is 0 Å². The summed E-state index contributed by atoms with van der Waals surface area (Å²) in [6.07, 6.45) is 5.31. The highest BCUT2D eigenvalue weighted by molar-refractivity contribution is 6.30. The van der Waals surface area contributed by atoms with E-state index in [0.29, 0.717) is 13.1 Å². The first kappa shape index (κ1) is 13.5. The van der Waals surface area contributed by atoms with Gasteiger partial charge in [0.25, 0.3) is 0 Å². The minimum Gasteiger partial charge on any atom is -0.353 e. The molecule has 1 unspecified atom stereocenters. The van der Waals surface area contributed by atoms with Gasteiger partial charge in [0.05, 0.1) is 0 Å². The minimum atomic E-state index is -0.516. The van der Waals surface area contributed by atoms with Crippen LogP contribution in [-0.2, 0) is 11.3 Å². The van der Waals surface area contributed by atoms with E-state index in [1.54, 1.807) is 19.3 Å². The molecule has 5 nitrogen and oxygen atoms in total. The van der Waals surface area contributed by atoms with E-state index in [1.807, 2.05) is 29.0 Å². The summed E-state index contributed by atoms with van der Waals surface area (Å²) < 4.78 is 1.95. The Morgan fingerprint density at radius 1 is 1.42 bits per heavy atom. The average molecular weight is 279 g/mol. The monoisotopic (exact) mass is 278 g/mol. The first-order chi connectivity index (χ1) is 9.18. The quantitative estimate of drug-likeness (QED) is 0.847. The SMILES string of the molecule is CC(Cl)C(=O)NCCn1ccnc1-c1ccccn1. The topological polar surface area (TPSA) is 59.8 Å². The first-order valence-corrected chi connectivity index (χ1v) is 6.46. The minimum absolute atomic E-state index is 0.166. The van der Waals surface area contributed by atoms with E-state index in [2.05, 4.69) is 15.3 Å². The highest BCUT2D eigenvalue weighted by Crippen LogP contribution is 2.13. The van der Waals surface area contributed by atoms with Crippen molar-refractivity contribution in [3.63, 3.8) is 0 Å². The lowest BCUT2D eigenvalue weighted by Crippen LogP contribution is -2.32. The zero-order valence-corrected chi connectivity index (χ0v) is 11.3. The summed E-state index contributed by atoms with van der Waals surface area (Å²) in [7, 11) is 0. The lowest BCUT2D eigenvalue weighted by molar-refractivity contribution is -0.120. The molecule has 0 saturated heterocycles. The van der Waals surface area contributed by atoms with Gasteiger partial charge in [-0.25, -0.2) is 4.98 Å². The molecule has 0 radical (unpaired) electrons. The van der Waals surface area contributed by atoms with Crippen molar-refractivity contribution in [1.29, 1.82) is 0 Å². The molecule has 0 saturated carbocycles. The molecule has 2 heterocycles. The molecule has 0 aliphatic heterocycles. The van der Waals surface area contributed by atoms with Crippen LogP contribution in [0, 0.1) is 0 Å². The molecule has 2 rings (SSSR count). The highest BCUT2D eigenvalue weighted by atomic mass is 35.5. The standard InChI is InChI=1S/C13H15ClN4O/c1-10(14)13(19)17-7-9-18-8-6-16-12(18)11-4-2-3-5-15-11/h2-6,8,10H,7,9H2,1H3,(H,17,19). The number of carbonyl (C=O) groups is 1. The smallest absolute Gasteiger partial charge is 0.237 e. The van der Waals surface area contributed by atoms with Gasteiger partial charge in [-0.15, -0.1) is 11.6 Å². The Bertz CT molecular complexity index is 539. The third kappa shape index (κ3) is 3.54. The van der Waals surface area contributed by atoms with E-state index in [9.17, 15) is 4.79 Å². The molecule has 0 aliphatic rings. The van der Waals surface area contributed by atoms with Crippen molar-refractivity contribution in [3.8, 4) is 11.5 Å². The highest BCUT2D eigenvalue weighted by Gasteiger charge is 2.09. The van der Waals surface area contributed by atoms with Crippen LogP contribution < -0.4 is 5.32 Å². The maximum atomic E-state index is 11.3. The van der Waals surface area contributed by atoms with E-state index in [1.165, 1.54) is 0 Å². The van der Waals surface area contributed by atoms with Crippen molar-refractivity contribution < 1.29 is 4.79 Å². The molecular formula is C13H15ClN4O. The molecular weight excluding hydrogens is 264 g/mol. The van der Waals surface area contributed by atoms with Gasteiger partial charge >= 0.3 is 0 Å². The number of rotatable bonds is 5. The van der Waals surface area contributed by atoms with Gasteiger partial charge in [-0.05, 0) is 19.1 Å². The van der Waals surface area contributed by atoms with Crippen LogP contribution in [0.1, 0.15) is 6.92 Å². The van der Waals surface area contributed by atoms with Gasteiger partial charge in [0.1, 0.15) is 11.1 Å². The Kier molecular flexibility index (Phi) is 4.52. The first-order valence-electron chi connectivity index (χ1n) is 6.03. The predicted molar refractivity (Wildman–Crippen MR) is 73.8 cm³/mol. The number of carbonyl (C=O) groups excluding carboxylic acids is 1. The zero-order chi connectivity index (χ0) is 13.7. The molecule has 0 aliphatic carbocycles. The number of amides is 1.